The van der Waals surface area contributed by atoms with Crippen molar-refractivity contribution in [3.05, 3.63) is 29.8 Å². The smallest absolute Gasteiger partial charge is 0.243 e. The molecule has 0 radical (unpaired) electrons. The van der Waals surface area contributed by atoms with Crippen molar-refractivity contribution >= 4 is 28.6 Å². The maximum Gasteiger partial charge on any atom is 0.243 e. The van der Waals surface area contributed by atoms with E-state index in [9.17, 15) is 13.2 Å². The van der Waals surface area contributed by atoms with Gasteiger partial charge in [-0.15, -0.1) is 0 Å². The Hall–Kier alpha value is -1.05. The van der Waals surface area contributed by atoms with Crippen LogP contribution in [-0.2, 0) is 20.2 Å². The van der Waals surface area contributed by atoms with Crippen LogP contribution in [0.4, 0.5) is 0 Å². The Morgan fingerprint density at radius 2 is 1.67 bits per heavy atom. The highest BCUT2D eigenvalue weighted by Crippen LogP contribution is 2.31. The molecule has 0 aromatic heterocycles. The molecule has 1 aromatic rings. The second-order valence-corrected chi connectivity index (χ2v) is 11.3. The van der Waals surface area contributed by atoms with Crippen LogP contribution in [0.1, 0.15) is 52.0 Å². The predicted molar refractivity (Wildman–Crippen MR) is 111 cm³/mol. The van der Waals surface area contributed by atoms with Gasteiger partial charge in [0, 0.05) is 24.9 Å². The van der Waals surface area contributed by atoms with Crippen molar-refractivity contribution in [2.75, 3.05) is 19.6 Å². The van der Waals surface area contributed by atoms with Crippen molar-refractivity contribution in [1.82, 2.24) is 9.21 Å². The average Bonchev–Trinajstić information content (AvgIpc) is 3.04. The lowest BCUT2D eigenvalue weighted by Gasteiger charge is -2.32. The number of carbonyl (C=O) groups excluding carboxylic acids is 1. The standard InChI is InChI=1S/C20H30N2O3S2/c1-20(2,3)15-7-9-17(10-8-15)27(24,25)22-14-16(26)13-18(22)19(23)21-11-5-4-6-12-21/h7-10,16,18,26H,4-6,11-14H2,1-3H3/t16-,18-/m0/s1. The van der Waals surface area contributed by atoms with Gasteiger partial charge in [-0.2, -0.15) is 16.9 Å². The fraction of sp³-hybridized carbons (Fsp3) is 0.650. The van der Waals surface area contributed by atoms with E-state index >= 15 is 0 Å². The van der Waals surface area contributed by atoms with Gasteiger partial charge >= 0.3 is 0 Å². The van der Waals surface area contributed by atoms with Gasteiger partial charge in [0.15, 0.2) is 0 Å². The molecule has 27 heavy (non-hydrogen) atoms. The minimum atomic E-state index is -3.73. The van der Waals surface area contributed by atoms with Crippen LogP contribution in [0.25, 0.3) is 0 Å². The molecule has 0 aliphatic carbocycles. The van der Waals surface area contributed by atoms with Gasteiger partial charge in [0.1, 0.15) is 6.04 Å². The number of benzene rings is 1. The number of thiol groups is 1. The monoisotopic (exact) mass is 410 g/mol. The van der Waals surface area contributed by atoms with E-state index in [-0.39, 0.29) is 28.0 Å². The van der Waals surface area contributed by atoms with E-state index in [0.29, 0.717) is 6.42 Å². The van der Waals surface area contributed by atoms with Crippen LogP contribution < -0.4 is 0 Å². The Kier molecular flexibility index (Phi) is 5.94. The summed E-state index contributed by atoms with van der Waals surface area (Å²) in [5.74, 6) is -0.0684. The summed E-state index contributed by atoms with van der Waals surface area (Å²) in [4.78, 5) is 15.1. The molecule has 0 unspecified atom stereocenters. The molecule has 150 valence electrons. The molecule has 0 N–H and O–H groups in total. The summed E-state index contributed by atoms with van der Waals surface area (Å²) in [5.41, 5.74) is 1.04. The van der Waals surface area contributed by atoms with Gasteiger partial charge in [-0.25, -0.2) is 8.42 Å². The van der Waals surface area contributed by atoms with Crippen molar-refractivity contribution < 1.29 is 13.2 Å². The van der Waals surface area contributed by atoms with Gasteiger partial charge in [0.05, 0.1) is 4.90 Å². The van der Waals surface area contributed by atoms with Crippen LogP contribution in [0, 0.1) is 0 Å². The number of hydrogen-bond acceptors (Lipinski definition) is 4. The fourth-order valence-corrected chi connectivity index (χ4v) is 5.99. The quantitative estimate of drug-likeness (QED) is 0.779. The van der Waals surface area contributed by atoms with Gasteiger partial charge in [-0.1, -0.05) is 32.9 Å². The summed E-state index contributed by atoms with van der Waals surface area (Å²) in [7, 11) is -3.73. The van der Waals surface area contributed by atoms with Crippen LogP contribution in [0.5, 0.6) is 0 Å². The first kappa shape index (κ1) is 20.7. The van der Waals surface area contributed by atoms with Crippen LogP contribution in [-0.4, -0.2) is 54.5 Å². The zero-order valence-corrected chi connectivity index (χ0v) is 18.1. The molecule has 7 heteroatoms. The minimum Gasteiger partial charge on any atom is -0.341 e. The number of rotatable bonds is 3. The van der Waals surface area contributed by atoms with Crippen molar-refractivity contribution in [1.29, 1.82) is 0 Å². The van der Waals surface area contributed by atoms with E-state index < -0.39 is 16.1 Å². The average molecular weight is 411 g/mol. The molecule has 1 amide bonds. The van der Waals surface area contributed by atoms with Gasteiger partial charge in [-0.3, -0.25) is 4.79 Å². The Balaban J connectivity index is 1.86. The molecular weight excluding hydrogens is 380 g/mol. The summed E-state index contributed by atoms with van der Waals surface area (Å²) in [6, 6.07) is 6.40. The zero-order valence-electron chi connectivity index (χ0n) is 16.4. The summed E-state index contributed by atoms with van der Waals surface area (Å²) in [6.07, 6.45) is 3.58. The van der Waals surface area contributed by atoms with E-state index in [0.717, 1.165) is 37.9 Å². The normalized spacial score (nSPS) is 25.0. The van der Waals surface area contributed by atoms with Crippen LogP contribution in [0.2, 0.25) is 0 Å². The molecule has 0 bridgehead atoms. The molecule has 0 saturated carbocycles. The topological polar surface area (TPSA) is 57.7 Å². The molecular formula is C20H30N2O3S2. The van der Waals surface area contributed by atoms with E-state index in [1.54, 1.807) is 12.1 Å². The second-order valence-electron chi connectivity index (χ2n) is 8.64. The molecule has 0 spiro atoms. The van der Waals surface area contributed by atoms with Crippen molar-refractivity contribution in [2.45, 2.75) is 68.1 Å². The van der Waals surface area contributed by atoms with E-state index in [4.69, 9.17) is 0 Å². The Morgan fingerprint density at radius 3 is 2.22 bits per heavy atom. The van der Waals surface area contributed by atoms with Crippen molar-refractivity contribution in [3.63, 3.8) is 0 Å². The maximum atomic E-state index is 13.3. The molecule has 5 nitrogen and oxygen atoms in total. The Labute approximate surface area is 168 Å². The Bertz CT molecular complexity index is 778. The lowest BCUT2D eigenvalue weighted by atomic mass is 9.87. The number of hydrogen-bond donors (Lipinski definition) is 1. The van der Waals surface area contributed by atoms with Gasteiger partial charge in [0.25, 0.3) is 0 Å². The number of carbonyl (C=O) groups is 1. The molecule has 2 atom stereocenters. The summed E-state index contributed by atoms with van der Waals surface area (Å²) >= 11 is 4.49. The SMILES string of the molecule is CC(C)(C)c1ccc(S(=O)(=O)N2C[C@@H](S)C[C@H]2C(=O)N2CCCCC2)cc1. The molecule has 2 aliphatic heterocycles. The number of nitrogens with zero attached hydrogens (tertiary/aromatic N) is 2. The third kappa shape index (κ3) is 4.35. The fourth-order valence-electron chi connectivity index (χ4n) is 3.86. The molecule has 1 aromatic carbocycles. The minimum absolute atomic E-state index is 0.0428. The summed E-state index contributed by atoms with van der Waals surface area (Å²) < 4.78 is 27.9. The zero-order chi connectivity index (χ0) is 19.8. The number of likely N-dealkylation sites (tertiary alicyclic amines) is 1. The Morgan fingerprint density at radius 1 is 1.07 bits per heavy atom. The molecule has 2 heterocycles. The van der Waals surface area contributed by atoms with Crippen LogP contribution in [0.3, 0.4) is 0 Å². The van der Waals surface area contributed by atoms with E-state index in [2.05, 4.69) is 33.4 Å². The van der Waals surface area contributed by atoms with Crippen LogP contribution in [0.15, 0.2) is 29.2 Å². The van der Waals surface area contributed by atoms with E-state index in [1.165, 1.54) is 4.31 Å². The third-order valence-electron chi connectivity index (χ3n) is 5.51. The van der Waals surface area contributed by atoms with Crippen molar-refractivity contribution in [2.24, 2.45) is 0 Å². The highest BCUT2D eigenvalue weighted by molar-refractivity contribution is 7.89. The number of amides is 1. The van der Waals surface area contributed by atoms with Crippen LogP contribution >= 0.6 is 12.6 Å². The number of sulfonamides is 1. The maximum absolute atomic E-state index is 13.3. The van der Waals surface area contributed by atoms with E-state index in [1.807, 2.05) is 17.0 Å². The highest BCUT2D eigenvalue weighted by Gasteiger charge is 2.44. The van der Waals surface area contributed by atoms with Gasteiger partial charge in [-0.05, 0) is 48.8 Å². The summed E-state index contributed by atoms with van der Waals surface area (Å²) in [5, 5.41) is -0.118. The lowest BCUT2D eigenvalue weighted by molar-refractivity contribution is -0.135. The number of piperidine rings is 1. The largest absolute Gasteiger partial charge is 0.341 e. The third-order valence-corrected chi connectivity index (χ3v) is 7.78. The van der Waals surface area contributed by atoms with Gasteiger partial charge < -0.3 is 4.90 Å². The first-order valence-corrected chi connectivity index (χ1v) is 11.7. The molecule has 3 rings (SSSR count). The molecule has 2 fully saturated rings. The van der Waals surface area contributed by atoms with Crippen molar-refractivity contribution in [3.8, 4) is 0 Å². The molecule has 2 aliphatic rings. The highest BCUT2D eigenvalue weighted by atomic mass is 32.2. The molecule has 2 saturated heterocycles. The lowest BCUT2D eigenvalue weighted by Crippen LogP contribution is -2.49. The second kappa shape index (κ2) is 7.76. The first-order chi connectivity index (χ1) is 12.6. The van der Waals surface area contributed by atoms with Gasteiger partial charge in [0.2, 0.25) is 15.9 Å². The first-order valence-electron chi connectivity index (χ1n) is 9.70. The summed E-state index contributed by atoms with van der Waals surface area (Å²) in [6.45, 7) is 8.00. The predicted octanol–water partition coefficient (Wildman–Crippen LogP) is 3.06.